The van der Waals surface area contributed by atoms with Crippen LogP contribution in [0.5, 0.6) is 0 Å². The molecule has 0 unspecified atom stereocenters. The second kappa shape index (κ2) is 12.3. The molecule has 0 amide bonds. The van der Waals surface area contributed by atoms with Crippen molar-refractivity contribution in [1.82, 2.24) is 0 Å². The molecule has 0 aromatic heterocycles. The first-order valence-electron chi connectivity index (χ1n) is 16.2. The molecule has 4 heteroatoms. The van der Waals surface area contributed by atoms with Crippen molar-refractivity contribution in [1.29, 1.82) is 0 Å². The van der Waals surface area contributed by atoms with Crippen LogP contribution in [0.25, 0.3) is 32.3 Å². The normalized spacial score (nSPS) is 12.2. The van der Waals surface area contributed by atoms with Gasteiger partial charge in [-0.3, -0.25) is 0 Å². The molecule has 0 fully saturated rings. The van der Waals surface area contributed by atoms with Gasteiger partial charge in [0, 0.05) is 38.4 Å². The van der Waals surface area contributed by atoms with E-state index in [9.17, 15) is 0 Å². The van der Waals surface area contributed by atoms with Crippen LogP contribution in [0, 0.1) is 0 Å². The maximum atomic E-state index is 2.41. The number of anilines is 6. The fourth-order valence-electron chi connectivity index (χ4n) is 6.90. The standard InChI is InChI=1S/C44H38N2S2/c1-47-37-23-19-35(20-24-37)45(33-11-7-5-8-12-33)41-29-17-31-16-28-40-42(30-18-32-15-27-39(41)43(31)44(32)40)46(34-13-9-6-10-14-34)36-21-25-38(26-22-36)48(2,3)4/h5-30H,1-4H3. The summed E-state index contributed by atoms with van der Waals surface area (Å²) >= 11 is 1.77. The van der Waals surface area contributed by atoms with Crippen LogP contribution in [0.3, 0.4) is 0 Å². The van der Waals surface area contributed by atoms with Crippen molar-refractivity contribution in [3.05, 3.63) is 158 Å². The van der Waals surface area contributed by atoms with Gasteiger partial charge in [0.1, 0.15) is 0 Å². The van der Waals surface area contributed by atoms with Gasteiger partial charge in [-0.1, -0.05) is 72.8 Å². The van der Waals surface area contributed by atoms with Crippen molar-refractivity contribution in [3.63, 3.8) is 0 Å². The van der Waals surface area contributed by atoms with Gasteiger partial charge in [0.2, 0.25) is 0 Å². The summed E-state index contributed by atoms with van der Waals surface area (Å²) in [6.45, 7) is 0. The summed E-state index contributed by atoms with van der Waals surface area (Å²) in [5, 5.41) is 7.58. The minimum atomic E-state index is -0.823. The van der Waals surface area contributed by atoms with E-state index in [1.54, 1.807) is 11.8 Å². The van der Waals surface area contributed by atoms with Crippen LogP contribution >= 0.6 is 21.8 Å². The molecule has 8 rings (SSSR count). The van der Waals surface area contributed by atoms with Gasteiger partial charge in [0.05, 0.1) is 11.4 Å². The Hall–Kier alpha value is -4.90. The van der Waals surface area contributed by atoms with Crippen molar-refractivity contribution in [2.45, 2.75) is 9.79 Å². The Morgan fingerprint density at radius 3 is 1.23 bits per heavy atom. The van der Waals surface area contributed by atoms with Gasteiger partial charge in [-0.25, -0.2) is 10.0 Å². The van der Waals surface area contributed by atoms with Crippen LogP contribution in [-0.2, 0) is 0 Å². The number of thioether (sulfide) groups is 1. The predicted molar refractivity (Wildman–Crippen MR) is 215 cm³/mol. The van der Waals surface area contributed by atoms with Crippen LogP contribution < -0.4 is 9.80 Å². The minimum absolute atomic E-state index is 0.823. The van der Waals surface area contributed by atoms with E-state index in [1.165, 1.54) is 53.5 Å². The zero-order valence-corrected chi connectivity index (χ0v) is 29.4. The fraction of sp³-hybridized carbons (Fsp3) is 0.0909. The molecule has 2 nitrogen and oxygen atoms in total. The van der Waals surface area contributed by atoms with Gasteiger partial charge in [0.15, 0.2) is 0 Å². The summed E-state index contributed by atoms with van der Waals surface area (Å²) in [7, 11) is -0.823. The molecule has 0 heterocycles. The molecule has 48 heavy (non-hydrogen) atoms. The molecule has 0 saturated heterocycles. The summed E-state index contributed by atoms with van der Waals surface area (Å²) in [4.78, 5) is 7.48. The van der Waals surface area contributed by atoms with Crippen LogP contribution in [0.2, 0.25) is 0 Å². The first-order valence-corrected chi connectivity index (χ1v) is 20.3. The van der Waals surface area contributed by atoms with E-state index in [4.69, 9.17) is 0 Å². The molecule has 8 aromatic rings. The first kappa shape index (κ1) is 30.4. The Balaban J connectivity index is 1.37. The van der Waals surface area contributed by atoms with Gasteiger partial charge >= 0.3 is 0 Å². The molecule has 236 valence electrons. The van der Waals surface area contributed by atoms with Crippen molar-refractivity contribution >= 4 is 88.2 Å². The third-order valence-corrected chi connectivity index (χ3v) is 11.7. The number of nitrogens with zero attached hydrogens (tertiary/aromatic N) is 2. The molecular formula is C44H38N2S2. The number of benzene rings is 8. The Labute approximate surface area is 289 Å². The molecule has 0 spiro atoms. The number of rotatable bonds is 8. The van der Waals surface area contributed by atoms with Crippen LogP contribution in [-0.4, -0.2) is 25.0 Å². The number of para-hydroxylation sites is 2. The molecule has 0 aliphatic rings. The van der Waals surface area contributed by atoms with Crippen LogP contribution in [0.4, 0.5) is 34.1 Å². The highest BCUT2D eigenvalue weighted by atomic mass is 32.3. The van der Waals surface area contributed by atoms with E-state index >= 15 is 0 Å². The van der Waals surface area contributed by atoms with Crippen LogP contribution in [0.1, 0.15) is 0 Å². The number of hydrogen-bond donors (Lipinski definition) is 0. The van der Waals surface area contributed by atoms with E-state index in [0.29, 0.717) is 0 Å². The van der Waals surface area contributed by atoms with E-state index < -0.39 is 10.0 Å². The van der Waals surface area contributed by atoms with Gasteiger partial charge in [-0.2, -0.15) is 0 Å². The Morgan fingerprint density at radius 2 is 0.812 bits per heavy atom. The Morgan fingerprint density at radius 1 is 0.417 bits per heavy atom. The van der Waals surface area contributed by atoms with Gasteiger partial charge in [-0.05, 0) is 136 Å². The van der Waals surface area contributed by atoms with E-state index in [1.807, 2.05) is 0 Å². The maximum absolute atomic E-state index is 2.41. The average Bonchev–Trinajstić information content (AvgIpc) is 3.13. The lowest BCUT2D eigenvalue weighted by atomic mass is 9.91. The summed E-state index contributed by atoms with van der Waals surface area (Å²) in [6, 6.07) is 58.0. The highest BCUT2D eigenvalue weighted by Gasteiger charge is 2.22. The van der Waals surface area contributed by atoms with E-state index in [-0.39, 0.29) is 0 Å². The van der Waals surface area contributed by atoms with Crippen molar-refractivity contribution in [2.75, 3.05) is 34.8 Å². The van der Waals surface area contributed by atoms with Gasteiger partial charge in [-0.15, -0.1) is 11.8 Å². The molecule has 0 atom stereocenters. The van der Waals surface area contributed by atoms with Crippen molar-refractivity contribution in [3.8, 4) is 0 Å². The minimum Gasteiger partial charge on any atom is -0.310 e. The topological polar surface area (TPSA) is 6.48 Å². The van der Waals surface area contributed by atoms with Crippen molar-refractivity contribution in [2.24, 2.45) is 0 Å². The smallest absolute Gasteiger partial charge is 0.0540 e. The molecule has 0 radical (unpaired) electrons. The third-order valence-electron chi connectivity index (χ3n) is 9.26. The summed E-state index contributed by atoms with van der Waals surface area (Å²) in [5.74, 6) is 0. The van der Waals surface area contributed by atoms with Gasteiger partial charge in [0.25, 0.3) is 0 Å². The fourth-order valence-corrected chi connectivity index (χ4v) is 8.26. The molecule has 8 aromatic carbocycles. The lowest BCUT2D eigenvalue weighted by Crippen LogP contribution is -2.11. The lowest BCUT2D eigenvalue weighted by Gasteiger charge is -2.30. The Bertz CT molecular complexity index is 2340. The molecule has 0 aliphatic heterocycles. The zero-order chi connectivity index (χ0) is 32.8. The van der Waals surface area contributed by atoms with E-state index in [0.717, 1.165) is 22.7 Å². The lowest BCUT2D eigenvalue weighted by molar-refractivity contribution is 1.28. The predicted octanol–water partition coefficient (Wildman–Crippen LogP) is 13.3. The van der Waals surface area contributed by atoms with Crippen LogP contribution in [0.15, 0.2) is 168 Å². The highest BCUT2D eigenvalue weighted by molar-refractivity contribution is 8.32. The molecular weight excluding hydrogens is 621 g/mol. The van der Waals surface area contributed by atoms with E-state index in [2.05, 4.69) is 193 Å². The Kier molecular flexibility index (Phi) is 7.79. The molecule has 0 N–H and O–H groups in total. The summed E-state index contributed by atoms with van der Waals surface area (Å²) in [5.41, 5.74) is 6.94. The average molecular weight is 659 g/mol. The second-order valence-corrected chi connectivity index (χ2v) is 18.0. The zero-order valence-electron chi connectivity index (χ0n) is 27.7. The first-order chi connectivity index (χ1) is 23.4. The second-order valence-electron chi connectivity index (χ2n) is 13.0. The summed E-state index contributed by atoms with van der Waals surface area (Å²) in [6.07, 6.45) is 9.18. The SMILES string of the molecule is CSc1ccc(N(c2ccccc2)c2ccc3ccc4c(N(c5ccccc5)c5ccc(S(C)(C)C)cc5)ccc5ccc2c3c54)cc1. The van der Waals surface area contributed by atoms with Gasteiger partial charge < -0.3 is 9.80 Å². The quantitative estimate of drug-likeness (QED) is 0.118. The third kappa shape index (κ3) is 5.35. The molecule has 0 aliphatic carbocycles. The summed E-state index contributed by atoms with van der Waals surface area (Å²) < 4.78 is 0. The highest BCUT2D eigenvalue weighted by Crippen LogP contribution is 2.49. The number of hydrogen-bond acceptors (Lipinski definition) is 3. The monoisotopic (exact) mass is 658 g/mol. The van der Waals surface area contributed by atoms with Crippen molar-refractivity contribution < 1.29 is 0 Å². The molecule has 0 saturated carbocycles. The largest absolute Gasteiger partial charge is 0.310 e. The molecule has 0 bridgehead atoms. The maximum Gasteiger partial charge on any atom is 0.0540 e.